The van der Waals surface area contributed by atoms with E-state index in [1.807, 2.05) is 55.5 Å². The van der Waals surface area contributed by atoms with Gasteiger partial charge in [-0.25, -0.2) is 0 Å². The molecule has 0 fully saturated rings. The van der Waals surface area contributed by atoms with Gasteiger partial charge < -0.3 is 20.2 Å². The van der Waals surface area contributed by atoms with Crippen molar-refractivity contribution in [3.63, 3.8) is 0 Å². The molecule has 0 saturated carbocycles. The van der Waals surface area contributed by atoms with Gasteiger partial charge in [0.25, 0.3) is 5.91 Å². The average molecular weight is 443 g/mol. The lowest BCUT2D eigenvalue weighted by atomic mass is 9.97. The molecule has 5 heteroatoms. The molecular formula is C28H30N2O3. The minimum atomic E-state index is -0.270. The Balaban J connectivity index is 1.52. The van der Waals surface area contributed by atoms with Crippen LogP contribution in [0.15, 0.2) is 83.3 Å². The number of furan rings is 1. The number of methoxy groups -OCH3 is 1. The van der Waals surface area contributed by atoms with Gasteiger partial charge in [0.1, 0.15) is 0 Å². The Hall–Kier alpha value is -3.57. The maximum absolute atomic E-state index is 12.9. The summed E-state index contributed by atoms with van der Waals surface area (Å²) in [5, 5.41) is 3.83. The number of amides is 1. The molecule has 0 aliphatic carbocycles. The van der Waals surface area contributed by atoms with E-state index in [9.17, 15) is 4.79 Å². The molecule has 1 amide bonds. The van der Waals surface area contributed by atoms with Crippen molar-refractivity contribution < 1.29 is 13.9 Å². The first-order valence-corrected chi connectivity index (χ1v) is 11.3. The highest BCUT2D eigenvalue weighted by Gasteiger charge is 2.21. The van der Waals surface area contributed by atoms with Crippen molar-refractivity contribution in [2.24, 2.45) is 5.73 Å². The maximum Gasteiger partial charge on any atom is 0.287 e. The molecule has 3 aromatic carbocycles. The molecule has 2 atom stereocenters. The topological polar surface area (TPSA) is 77.5 Å². The molecule has 1 aromatic heterocycles. The lowest BCUT2D eigenvalue weighted by molar-refractivity contribution is 0.0914. The number of benzene rings is 3. The van der Waals surface area contributed by atoms with E-state index in [-0.39, 0.29) is 23.8 Å². The molecule has 0 aliphatic rings. The van der Waals surface area contributed by atoms with Gasteiger partial charge in [0, 0.05) is 11.4 Å². The molecule has 4 aromatic rings. The summed E-state index contributed by atoms with van der Waals surface area (Å²) < 4.78 is 11.4. The van der Waals surface area contributed by atoms with E-state index in [1.165, 1.54) is 5.56 Å². The number of nitrogens with two attached hydrogens (primary N) is 1. The standard InChI is InChI=1S/C28H30N2O3/c1-19(21-13-7-4-8-14-21)30-28(31)26-18-23-22(16-17-25(32-2)27(23)33-26)24(29)15-9-12-20-10-5-3-6-11-20/h3-8,10-11,13-14,16-19,24H,9,12,15,29H2,1-2H3,(H,30,31)/t19-,24?/m0/s1. The van der Waals surface area contributed by atoms with Gasteiger partial charge in [0.15, 0.2) is 17.1 Å². The third-order valence-electron chi connectivity index (χ3n) is 5.99. The van der Waals surface area contributed by atoms with Gasteiger partial charge in [-0.3, -0.25) is 4.79 Å². The van der Waals surface area contributed by atoms with Crippen molar-refractivity contribution in [1.29, 1.82) is 0 Å². The third-order valence-corrected chi connectivity index (χ3v) is 5.99. The second-order valence-corrected chi connectivity index (χ2v) is 8.30. The van der Waals surface area contributed by atoms with E-state index in [1.54, 1.807) is 13.2 Å². The summed E-state index contributed by atoms with van der Waals surface area (Å²) in [7, 11) is 1.59. The van der Waals surface area contributed by atoms with Gasteiger partial charge in [-0.1, -0.05) is 66.7 Å². The Morgan fingerprint density at radius 2 is 1.73 bits per heavy atom. The predicted octanol–water partition coefficient (Wildman–Crippen LogP) is 5.96. The Morgan fingerprint density at radius 3 is 2.42 bits per heavy atom. The Labute approximate surface area is 194 Å². The van der Waals surface area contributed by atoms with Gasteiger partial charge in [-0.05, 0) is 55.0 Å². The zero-order chi connectivity index (χ0) is 23.2. The molecule has 33 heavy (non-hydrogen) atoms. The Kier molecular flexibility index (Phi) is 7.10. The van der Waals surface area contributed by atoms with Crippen molar-refractivity contribution in [2.75, 3.05) is 7.11 Å². The monoisotopic (exact) mass is 442 g/mol. The van der Waals surface area contributed by atoms with Gasteiger partial charge in [0.2, 0.25) is 0 Å². The van der Waals surface area contributed by atoms with Crippen molar-refractivity contribution in [2.45, 2.75) is 38.3 Å². The molecule has 5 nitrogen and oxygen atoms in total. The van der Waals surface area contributed by atoms with Gasteiger partial charge in [-0.15, -0.1) is 0 Å². The van der Waals surface area contributed by atoms with Gasteiger partial charge in [-0.2, -0.15) is 0 Å². The van der Waals surface area contributed by atoms with E-state index in [4.69, 9.17) is 14.9 Å². The summed E-state index contributed by atoms with van der Waals surface area (Å²) in [5.74, 6) is 0.559. The zero-order valence-corrected chi connectivity index (χ0v) is 19.1. The van der Waals surface area contributed by atoms with Crippen LogP contribution in [-0.4, -0.2) is 13.0 Å². The van der Waals surface area contributed by atoms with Crippen LogP contribution in [0.3, 0.4) is 0 Å². The minimum absolute atomic E-state index is 0.145. The Bertz CT molecular complexity index is 1200. The highest BCUT2D eigenvalue weighted by Crippen LogP contribution is 2.35. The number of carbonyl (C=O) groups excluding carboxylic acids is 1. The molecule has 0 saturated heterocycles. The van der Waals surface area contributed by atoms with Crippen molar-refractivity contribution >= 4 is 16.9 Å². The second kappa shape index (κ2) is 10.4. The Morgan fingerprint density at radius 1 is 1.03 bits per heavy atom. The summed E-state index contributed by atoms with van der Waals surface area (Å²) in [4.78, 5) is 12.9. The molecule has 0 spiro atoms. The van der Waals surface area contributed by atoms with Crippen LogP contribution < -0.4 is 15.8 Å². The van der Waals surface area contributed by atoms with Crippen LogP contribution in [-0.2, 0) is 6.42 Å². The molecule has 4 rings (SSSR count). The summed E-state index contributed by atoms with van der Waals surface area (Å²) in [5.41, 5.74) is 10.4. The van der Waals surface area contributed by atoms with Crippen LogP contribution in [0.2, 0.25) is 0 Å². The molecule has 170 valence electrons. The van der Waals surface area contributed by atoms with Crippen molar-refractivity contribution in [3.05, 3.63) is 101 Å². The number of aryl methyl sites for hydroxylation is 1. The van der Waals surface area contributed by atoms with Crippen LogP contribution in [0.5, 0.6) is 5.75 Å². The summed E-state index contributed by atoms with van der Waals surface area (Å²) >= 11 is 0. The van der Waals surface area contributed by atoms with Crippen LogP contribution in [0.1, 0.15) is 59.1 Å². The molecule has 0 bridgehead atoms. The highest BCUT2D eigenvalue weighted by molar-refractivity contribution is 5.98. The van der Waals surface area contributed by atoms with E-state index >= 15 is 0 Å². The highest BCUT2D eigenvalue weighted by atomic mass is 16.5. The fourth-order valence-electron chi connectivity index (χ4n) is 4.13. The minimum Gasteiger partial charge on any atom is -0.493 e. The fraction of sp³-hybridized carbons (Fsp3) is 0.250. The zero-order valence-electron chi connectivity index (χ0n) is 19.1. The second-order valence-electron chi connectivity index (χ2n) is 8.30. The van der Waals surface area contributed by atoms with Crippen LogP contribution in [0.25, 0.3) is 11.0 Å². The van der Waals surface area contributed by atoms with Gasteiger partial charge >= 0.3 is 0 Å². The average Bonchev–Trinajstić information content (AvgIpc) is 3.30. The molecule has 3 N–H and O–H groups in total. The first-order chi connectivity index (χ1) is 16.1. The van der Waals surface area contributed by atoms with E-state index in [0.29, 0.717) is 11.3 Å². The lowest BCUT2D eigenvalue weighted by Gasteiger charge is -2.14. The molecule has 0 aliphatic heterocycles. The number of hydrogen-bond donors (Lipinski definition) is 2. The van der Waals surface area contributed by atoms with Gasteiger partial charge in [0.05, 0.1) is 13.2 Å². The number of nitrogens with one attached hydrogen (secondary N) is 1. The first kappa shape index (κ1) is 22.6. The lowest BCUT2D eigenvalue weighted by Crippen LogP contribution is -2.26. The number of fused-ring (bicyclic) bond motifs is 1. The van der Waals surface area contributed by atoms with Crippen molar-refractivity contribution in [1.82, 2.24) is 5.32 Å². The first-order valence-electron chi connectivity index (χ1n) is 11.3. The quantitative estimate of drug-likeness (QED) is 0.335. The number of rotatable bonds is 9. The number of carbonyl (C=O) groups is 1. The SMILES string of the molecule is COc1ccc(C(N)CCCc2ccccc2)c2cc(C(=O)N[C@@H](C)c3ccccc3)oc12. The smallest absolute Gasteiger partial charge is 0.287 e. The van der Waals surface area contributed by atoms with Crippen LogP contribution >= 0.6 is 0 Å². The normalized spacial score (nSPS) is 12.9. The number of hydrogen-bond acceptors (Lipinski definition) is 4. The maximum atomic E-state index is 12.9. The largest absolute Gasteiger partial charge is 0.493 e. The number of ether oxygens (including phenoxy) is 1. The van der Waals surface area contributed by atoms with E-state index < -0.39 is 0 Å². The molecule has 1 heterocycles. The van der Waals surface area contributed by atoms with E-state index in [0.717, 1.165) is 35.8 Å². The molecule has 1 unspecified atom stereocenters. The van der Waals surface area contributed by atoms with Crippen LogP contribution in [0, 0.1) is 0 Å². The summed E-state index contributed by atoms with van der Waals surface area (Å²) in [6, 6.07) is 25.5. The third kappa shape index (κ3) is 5.26. The molecule has 0 radical (unpaired) electrons. The fourth-order valence-corrected chi connectivity index (χ4v) is 4.13. The van der Waals surface area contributed by atoms with Crippen molar-refractivity contribution in [3.8, 4) is 5.75 Å². The van der Waals surface area contributed by atoms with Crippen LogP contribution in [0.4, 0.5) is 0 Å². The summed E-state index contributed by atoms with van der Waals surface area (Å²) in [6.45, 7) is 1.95. The molecular weight excluding hydrogens is 412 g/mol. The van der Waals surface area contributed by atoms with E-state index in [2.05, 4.69) is 29.6 Å². The predicted molar refractivity (Wildman–Crippen MR) is 131 cm³/mol. The summed E-state index contributed by atoms with van der Waals surface area (Å²) in [6.07, 6.45) is 2.77.